The van der Waals surface area contributed by atoms with Gasteiger partial charge in [-0.05, 0) is 23.3 Å². The second-order valence-electron chi connectivity index (χ2n) is 3.86. The Bertz CT molecular complexity index is 559. The largest absolute Gasteiger partial charge is 0.573 e. The topological polar surface area (TPSA) is 9.23 Å². The zero-order chi connectivity index (χ0) is 13.7. The minimum Gasteiger partial charge on any atom is -0.406 e. The summed E-state index contributed by atoms with van der Waals surface area (Å²) < 4.78 is 40.1. The van der Waals surface area contributed by atoms with Gasteiger partial charge in [0.2, 0.25) is 0 Å². The van der Waals surface area contributed by atoms with Gasteiger partial charge < -0.3 is 4.74 Å². The molecule has 0 bridgehead atoms. The van der Waals surface area contributed by atoms with Crippen LogP contribution in [0.2, 0.25) is 0 Å². The second kappa shape index (κ2) is 5.61. The molecule has 0 aliphatic carbocycles. The van der Waals surface area contributed by atoms with Gasteiger partial charge in [0, 0.05) is 0 Å². The van der Waals surface area contributed by atoms with E-state index in [4.69, 9.17) is 0 Å². The molecular weight excluding hydrogens is 253 g/mol. The van der Waals surface area contributed by atoms with E-state index in [2.05, 4.69) is 4.74 Å². The molecule has 0 N–H and O–H groups in total. The van der Waals surface area contributed by atoms with Crippen molar-refractivity contribution in [2.24, 2.45) is 0 Å². The average molecular weight is 264 g/mol. The molecule has 0 unspecified atom stereocenters. The Kier molecular flexibility index (Phi) is 3.90. The molecular formula is C15H11F3O. The van der Waals surface area contributed by atoms with Crippen molar-refractivity contribution in [1.29, 1.82) is 0 Å². The van der Waals surface area contributed by atoms with Crippen LogP contribution in [0.15, 0.2) is 54.6 Å². The first-order valence-electron chi connectivity index (χ1n) is 5.62. The maximum atomic E-state index is 12.1. The smallest absolute Gasteiger partial charge is 0.406 e. The van der Waals surface area contributed by atoms with Crippen LogP contribution in [0.4, 0.5) is 13.2 Å². The highest BCUT2D eigenvalue weighted by atomic mass is 19.4. The van der Waals surface area contributed by atoms with Crippen LogP contribution < -0.4 is 4.74 Å². The van der Waals surface area contributed by atoms with Crippen molar-refractivity contribution in [2.45, 2.75) is 6.36 Å². The van der Waals surface area contributed by atoms with Gasteiger partial charge in [-0.15, -0.1) is 13.2 Å². The Morgan fingerprint density at radius 1 is 0.789 bits per heavy atom. The molecule has 0 aromatic heterocycles. The summed E-state index contributed by atoms with van der Waals surface area (Å²) in [5, 5.41) is 0. The van der Waals surface area contributed by atoms with Crippen molar-refractivity contribution in [1.82, 2.24) is 0 Å². The van der Waals surface area contributed by atoms with E-state index in [1.807, 2.05) is 36.4 Å². The van der Waals surface area contributed by atoms with Crippen molar-refractivity contribution in [2.75, 3.05) is 0 Å². The van der Waals surface area contributed by atoms with Crippen LogP contribution in [0.3, 0.4) is 0 Å². The highest BCUT2D eigenvalue weighted by molar-refractivity contribution is 5.70. The zero-order valence-corrected chi connectivity index (χ0v) is 9.89. The van der Waals surface area contributed by atoms with Crippen LogP contribution in [0, 0.1) is 0 Å². The van der Waals surface area contributed by atoms with Crippen molar-refractivity contribution >= 4 is 12.2 Å². The Labute approximate surface area is 109 Å². The molecule has 0 fully saturated rings. The zero-order valence-electron chi connectivity index (χ0n) is 9.89. The molecule has 0 saturated heterocycles. The monoisotopic (exact) mass is 264 g/mol. The summed E-state index contributed by atoms with van der Waals surface area (Å²) in [6.45, 7) is 0. The Morgan fingerprint density at radius 3 is 2.11 bits per heavy atom. The number of rotatable bonds is 3. The van der Waals surface area contributed by atoms with Crippen LogP contribution in [0.25, 0.3) is 12.2 Å². The number of hydrogen-bond acceptors (Lipinski definition) is 1. The van der Waals surface area contributed by atoms with Crippen molar-refractivity contribution in [3.8, 4) is 5.75 Å². The summed E-state index contributed by atoms with van der Waals surface area (Å²) in [5.41, 5.74) is 1.62. The van der Waals surface area contributed by atoms with E-state index in [0.717, 1.165) is 5.56 Å². The lowest BCUT2D eigenvalue weighted by molar-refractivity contribution is -0.274. The van der Waals surface area contributed by atoms with Crippen LogP contribution in [0.1, 0.15) is 11.1 Å². The second-order valence-corrected chi connectivity index (χ2v) is 3.86. The van der Waals surface area contributed by atoms with Gasteiger partial charge in [-0.25, -0.2) is 0 Å². The molecule has 0 aliphatic rings. The molecule has 2 aromatic carbocycles. The lowest BCUT2D eigenvalue weighted by Gasteiger charge is -2.08. The first-order chi connectivity index (χ1) is 9.03. The number of benzene rings is 2. The molecule has 0 heterocycles. The summed E-state index contributed by atoms with van der Waals surface area (Å²) >= 11 is 0. The molecule has 2 aromatic rings. The minimum atomic E-state index is -4.66. The molecule has 1 nitrogen and oxygen atoms in total. The Hall–Kier alpha value is -2.23. The summed E-state index contributed by atoms with van der Waals surface area (Å²) in [7, 11) is 0. The fourth-order valence-corrected chi connectivity index (χ4v) is 1.57. The number of halogens is 3. The maximum Gasteiger partial charge on any atom is 0.573 e. The van der Waals surface area contributed by atoms with E-state index >= 15 is 0 Å². The predicted octanol–water partition coefficient (Wildman–Crippen LogP) is 4.76. The summed E-state index contributed by atoms with van der Waals surface area (Å²) in [5.74, 6) is -0.220. The van der Waals surface area contributed by atoms with Crippen LogP contribution in [-0.2, 0) is 0 Å². The lowest BCUT2D eigenvalue weighted by atomic mass is 10.1. The summed E-state index contributed by atoms with van der Waals surface area (Å²) in [6.07, 6.45) is -1.10. The SMILES string of the molecule is FC(F)(F)Oc1cccc(/C=C/c2ccccc2)c1. The average Bonchev–Trinajstić information content (AvgIpc) is 2.36. The summed E-state index contributed by atoms with van der Waals surface area (Å²) in [4.78, 5) is 0. The highest BCUT2D eigenvalue weighted by Gasteiger charge is 2.30. The summed E-state index contributed by atoms with van der Waals surface area (Å²) in [6, 6.07) is 15.3. The molecule has 0 saturated carbocycles. The fraction of sp³-hybridized carbons (Fsp3) is 0.0667. The van der Waals surface area contributed by atoms with Crippen molar-refractivity contribution < 1.29 is 17.9 Å². The van der Waals surface area contributed by atoms with Gasteiger partial charge in [0.1, 0.15) is 5.75 Å². The maximum absolute atomic E-state index is 12.1. The van der Waals surface area contributed by atoms with Gasteiger partial charge in [0.25, 0.3) is 0 Å². The third-order valence-corrected chi connectivity index (χ3v) is 2.36. The fourth-order valence-electron chi connectivity index (χ4n) is 1.57. The van der Waals surface area contributed by atoms with Gasteiger partial charge in [-0.1, -0.05) is 54.6 Å². The molecule has 0 spiro atoms. The molecule has 98 valence electrons. The van der Waals surface area contributed by atoms with Crippen molar-refractivity contribution in [3.63, 3.8) is 0 Å². The third kappa shape index (κ3) is 4.50. The van der Waals surface area contributed by atoms with Gasteiger partial charge in [0.05, 0.1) is 0 Å². The van der Waals surface area contributed by atoms with Crippen LogP contribution in [-0.4, -0.2) is 6.36 Å². The van der Waals surface area contributed by atoms with Gasteiger partial charge in [-0.2, -0.15) is 0 Å². The molecule has 0 atom stereocenters. The molecule has 0 aliphatic heterocycles. The molecule has 0 amide bonds. The highest BCUT2D eigenvalue weighted by Crippen LogP contribution is 2.23. The van der Waals surface area contributed by atoms with Gasteiger partial charge >= 0.3 is 6.36 Å². The van der Waals surface area contributed by atoms with Gasteiger partial charge in [-0.3, -0.25) is 0 Å². The van der Waals surface area contributed by atoms with Crippen molar-refractivity contribution in [3.05, 3.63) is 65.7 Å². The third-order valence-electron chi connectivity index (χ3n) is 2.36. The Balaban J connectivity index is 2.13. The number of hydrogen-bond donors (Lipinski definition) is 0. The normalized spacial score (nSPS) is 11.7. The Morgan fingerprint density at radius 2 is 1.42 bits per heavy atom. The predicted molar refractivity (Wildman–Crippen MR) is 68.5 cm³/mol. The van der Waals surface area contributed by atoms with E-state index in [1.165, 1.54) is 18.2 Å². The van der Waals surface area contributed by atoms with Gasteiger partial charge in [0.15, 0.2) is 0 Å². The first-order valence-corrected chi connectivity index (χ1v) is 5.62. The molecule has 0 radical (unpaired) electrons. The number of alkyl halides is 3. The van der Waals surface area contributed by atoms with Crippen LogP contribution >= 0.6 is 0 Å². The molecule has 2 rings (SSSR count). The van der Waals surface area contributed by atoms with E-state index in [1.54, 1.807) is 12.1 Å². The van der Waals surface area contributed by atoms with E-state index in [-0.39, 0.29) is 5.75 Å². The number of ether oxygens (including phenoxy) is 1. The van der Waals surface area contributed by atoms with E-state index in [9.17, 15) is 13.2 Å². The quantitative estimate of drug-likeness (QED) is 0.726. The van der Waals surface area contributed by atoms with Crippen LogP contribution in [0.5, 0.6) is 5.75 Å². The van der Waals surface area contributed by atoms with E-state index < -0.39 is 6.36 Å². The van der Waals surface area contributed by atoms with E-state index in [0.29, 0.717) is 5.56 Å². The standard InChI is InChI=1S/C15H11F3O/c16-15(17,18)19-14-8-4-7-13(11-14)10-9-12-5-2-1-3-6-12/h1-11H/b10-9+. The molecule has 4 heteroatoms. The first kappa shape index (κ1) is 13.2. The minimum absolute atomic E-state index is 0.220. The lowest BCUT2D eigenvalue weighted by Crippen LogP contribution is -2.17. The molecule has 19 heavy (non-hydrogen) atoms.